The highest BCUT2D eigenvalue weighted by molar-refractivity contribution is 7.18. The standard InChI is InChI=1S/C12H16Cl2N2OS.ClH/c13-8-6-9(18-10(8)14)11(17)16-7-12(15)4-2-1-3-5-12;/h6H,1-5,7,15H2,(H,16,17);1H. The van der Waals surface area contributed by atoms with Crippen molar-refractivity contribution in [2.75, 3.05) is 6.54 Å². The molecular formula is C12H17Cl3N2OS. The molecule has 0 radical (unpaired) electrons. The highest BCUT2D eigenvalue weighted by atomic mass is 35.5. The van der Waals surface area contributed by atoms with Crippen molar-refractivity contribution >= 4 is 52.9 Å². The van der Waals surface area contributed by atoms with Crippen LogP contribution in [0.4, 0.5) is 0 Å². The molecule has 19 heavy (non-hydrogen) atoms. The van der Waals surface area contributed by atoms with Crippen LogP contribution in [0.25, 0.3) is 0 Å². The lowest BCUT2D eigenvalue weighted by atomic mass is 9.82. The van der Waals surface area contributed by atoms with Gasteiger partial charge in [-0.2, -0.15) is 0 Å². The molecule has 0 aromatic carbocycles. The third-order valence-electron chi connectivity index (χ3n) is 3.32. The molecule has 0 atom stereocenters. The number of halogens is 3. The van der Waals surface area contributed by atoms with Gasteiger partial charge in [0.15, 0.2) is 0 Å². The third kappa shape index (κ3) is 4.50. The average Bonchev–Trinajstić information content (AvgIpc) is 2.68. The summed E-state index contributed by atoms with van der Waals surface area (Å²) in [6, 6.07) is 1.59. The van der Waals surface area contributed by atoms with Crippen molar-refractivity contribution in [2.45, 2.75) is 37.6 Å². The summed E-state index contributed by atoms with van der Waals surface area (Å²) in [6.07, 6.45) is 5.47. The number of nitrogens with one attached hydrogen (secondary N) is 1. The minimum atomic E-state index is -0.251. The van der Waals surface area contributed by atoms with Crippen molar-refractivity contribution in [3.63, 3.8) is 0 Å². The Kier molecular flexibility index (Phi) is 6.40. The van der Waals surface area contributed by atoms with Crippen molar-refractivity contribution in [3.05, 3.63) is 20.3 Å². The molecule has 1 aliphatic carbocycles. The van der Waals surface area contributed by atoms with Crippen LogP contribution in [0.1, 0.15) is 41.8 Å². The molecule has 1 heterocycles. The summed E-state index contributed by atoms with van der Waals surface area (Å²) in [6.45, 7) is 0.513. The summed E-state index contributed by atoms with van der Waals surface area (Å²) in [7, 11) is 0. The van der Waals surface area contributed by atoms with Crippen LogP contribution in [0.3, 0.4) is 0 Å². The number of rotatable bonds is 3. The van der Waals surface area contributed by atoms with E-state index in [1.807, 2.05) is 0 Å². The van der Waals surface area contributed by atoms with Crippen LogP contribution in [-0.4, -0.2) is 18.0 Å². The van der Waals surface area contributed by atoms with Crippen LogP contribution in [0.2, 0.25) is 9.36 Å². The molecule has 3 N–H and O–H groups in total. The Morgan fingerprint density at radius 3 is 2.53 bits per heavy atom. The van der Waals surface area contributed by atoms with Gasteiger partial charge in [-0.15, -0.1) is 23.7 Å². The maximum Gasteiger partial charge on any atom is 0.261 e. The number of carbonyl (C=O) groups is 1. The lowest BCUT2D eigenvalue weighted by Gasteiger charge is -2.33. The molecule has 1 fully saturated rings. The van der Waals surface area contributed by atoms with E-state index < -0.39 is 0 Å². The first-order valence-corrected chi connectivity index (χ1v) is 7.59. The number of nitrogens with two attached hydrogens (primary N) is 1. The first kappa shape index (κ1) is 17.1. The van der Waals surface area contributed by atoms with E-state index in [0.717, 1.165) is 25.7 Å². The topological polar surface area (TPSA) is 55.1 Å². The van der Waals surface area contributed by atoms with Crippen LogP contribution < -0.4 is 11.1 Å². The van der Waals surface area contributed by atoms with E-state index >= 15 is 0 Å². The predicted octanol–water partition coefficient (Wildman–Crippen LogP) is 3.87. The summed E-state index contributed by atoms with van der Waals surface area (Å²) < 4.78 is 0.446. The zero-order chi connectivity index (χ0) is 13.2. The monoisotopic (exact) mass is 342 g/mol. The largest absolute Gasteiger partial charge is 0.349 e. The fraction of sp³-hybridized carbons (Fsp3) is 0.583. The van der Waals surface area contributed by atoms with Gasteiger partial charge in [-0.25, -0.2) is 0 Å². The Morgan fingerprint density at radius 1 is 1.37 bits per heavy atom. The van der Waals surface area contributed by atoms with Crippen molar-refractivity contribution in [1.82, 2.24) is 5.32 Å². The fourth-order valence-corrected chi connectivity index (χ4v) is 3.52. The van der Waals surface area contributed by atoms with E-state index in [-0.39, 0.29) is 23.9 Å². The second kappa shape index (κ2) is 7.14. The van der Waals surface area contributed by atoms with Crippen LogP contribution in [0.15, 0.2) is 6.07 Å². The molecule has 108 valence electrons. The maximum atomic E-state index is 11.9. The Hall–Kier alpha value is -0.0000000000000000278. The quantitative estimate of drug-likeness (QED) is 0.875. The summed E-state index contributed by atoms with van der Waals surface area (Å²) in [5.41, 5.74) is 6.01. The molecule has 0 unspecified atom stereocenters. The number of thiophene rings is 1. The molecule has 2 rings (SSSR count). The Bertz CT molecular complexity index is 425. The molecule has 0 saturated heterocycles. The van der Waals surface area contributed by atoms with Crippen molar-refractivity contribution < 1.29 is 4.79 Å². The van der Waals surface area contributed by atoms with E-state index in [9.17, 15) is 4.79 Å². The maximum absolute atomic E-state index is 11.9. The Balaban J connectivity index is 0.00000180. The molecule has 1 aromatic heterocycles. The average molecular weight is 344 g/mol. The zero-order valence-electron chi connectivity index (χ0n) is 10.4. The molecule has 1 aliphatic rings. The molecular weight excluding hydrogens is 327 g/mol. The number of hydrogen-bond acceptors (Lipinski definition) is 3. The van der Waals surface area contributed by atoms with E-state index in [1.54, 1.807) is 6.07 Å². The predicted molar refractivity (Wildman–Crippen MR) is 83.9 cm³/mol. The minimum absolute atomic E-state index is 0. The zero-order valence-corrected chi connectivity index (χ0v) is 13.5. The van der Waals surface area contributed by atoms with E-state index in [4.69, 9.17) is 28.9 Å². The summed E-state index contributed by atoms with van der Waals surface area (Å²) in [4.78, 5) is 12.5. The first-order valence-electron chi connectivity index (χ1n) is 6.02. The van der Waals surface area contributed by atoms with Gasteiger partial charge >= 0.3 is 0 Å². The fourth-order valence-electron chi connectivity index (χ4n) is 2.23. The van der Waals surface area contributed by atoms with Crippen molar-refractivity contribution in [2.24, 2.45) is 5.73 Å². The number of carbonyl (C=O) groups excluding carboxylic acids is 1. The van der Waals surface area contributed by atoms with E-state index in [0.29, 0.717) is 20.8 Å². The van der Waals surface area contributed by atoms with E-state index in [1.165, 1.54) is 17.8 Å². The van der Waals surface area contributed by atoms with Crippen LogP contribution in [-0.2, 0) is 0 Å². The highest BCUT2D eigenvalue weighted by Crippen LogP contribution is 2.31. The second-order valence-electron chi connectivity index (χ2n) is 4.84. The van der Waals surface area contributed by atoms with E-state index in [2.05, 4.69) is 5.32 Å². The minimum Gasteiger partial charge on any atom is -0.349 e. The summed E-state index contributed by atoms with van der Waals surface area (Å²) >= 11 is 12.8. The molecule has 0 bridgehead atoms. The van der Waals surface area contributed by atoms with Gasteiger partial charge in [-0.3, -0.25) is 4.79 Å². The molecule has 1 amide bonds. The molecule has 0 aliphatic heterocycles. The number of hydrogen-bond donors (Lipinski definition) is 2. The second-order valence-corrected chi connectivity index (χ2v) is 6.90. The molecule has 3 nitrogen and oxygen atoms in total. The van der Waals surface area contributed by atoms with Gasteiger partial charge in [-0.1, -0.05) is 42.5 Å². The summed E-state index contributed by atoms with van der Waals surface area (Å²) in [5.74, 6) is -0.149. The molecule has 0 spiro atoms. The number of amides is 1. The smallest absolute Gasteiger partial charge is 0.261 e. The lowest BCUT2D eigenvalue weighted by molar-refractivity contribution is 0.0942. The van der Waals surface area contributed by atoms with Crippen molar-refractivity contribution in [1.29, 1.82) is 0 Å². The van der Waals surface area contributed by atoms with Gasteiger partial charge in [0.1, 0.15) is 4.34 Å². The van der Waals surface area contributed by atoms with Crippen LogP contribution in [0, 0.1) is 0 Å². The van der Waals surface area contributed by atoms with Crippen LogP contribution >= 0.6 is 46.9 Å². The molecule has 1 aromatic rings. The van der Waals surface area contributed by atoms with Gasteiger partial charge in [0, 0.05) is 12.1 Å². The highest BCUT2D eigenvalue weighted by Gasteiger charge is 2.28. The van der Waals surface area contributed by atoms with Gasteiger partial charge in [0.25, 0.3) is 5.91 Å². The molecule has 1 saturated carbocycles. The van der Waals surface area contributed by atoms with Gasteiger partial charge < -0.3 is 11.1 Å². The first-order chi connectivity index (χ1) is 8.50. The normalized spacial score (nSPS) is 17.6. The Labute approximate surface area is 133 Å². The lowest BCUT2D eigenvalue weighted by Crippen LogP contribution is -2.51. The van der Waals surface area contributed by atoms with Crippen LogP contribution in [0.5, 0.6) is 0 Å². The molecule has 7 heteroatoms. The van der Waals surface area contributed by atoms with Gasteiger partial charge in [-0.05, 0) is 18.9 Å². The SMILES string of the molecule is Cl.NC1(CNC(=O)c2cc(Cl)c(Cl)s2)CCCCC1. The van der Waals surface area contributed by atoms with Gasteiger partial charge in [0.2, 0.25) is 0 Å². The third-order valence-corrected chi connectivity index (χ3v) is 5.18. The Morgan fingerprint density at radius 2 is 2.00 bits per heavy atom. The summed E-state index contributed by atoms with van der Waals surface area (Å²) in [5, 5.41) is 3.30. The van der Waals surface area contributed by atoms with Crippen molar-refractivity contribution in [3.8, 4) is 0 Å². The van der Waals surface area contributed by atoms with Gasteiger partial charge in [0.05, 0.1) is 9.90 Å².